The Morgan fingerprint density at radius 3 is 1.75 bits per heavy atom. The van der Waals surface area contributed by atoms with Crippen LogP contribution in [0.3, 0.4) is 0 Å². The average Bonchev–Trinajstić information content (AvgIpc) is 3.26. The van der Waals surface area contributed by atoms with Gasteiger partial charge in [0, 0.05) is 16.8 Å². The summed E-state index contributed by atoms with van der Waals surface area (Å²) in [5.41, 5.74) is 8.36. The molecule has 0 aliphatic carbocycles. The van der Waals surface area contributed by atoms with Gasteiger partial charge in [-0.05, 0) is 57.9 Å². The molecule has 1 aromatic heterocycles. The molecule has 0 amide bonds. The number of anilines is 4. The Hall–Kier alpha value is -3.40. The summed E-state index contributed by atoms with van der Waals surface area (Å²) in [6.45, 7) is 18.4. The van der Waals surface area contributed by atoms with E-state index in [4.69, 9.17) is 9.97 Å². The van der Waals surface area contributed by atoms with Crippen molar-refractivity contribution in [2.24, 2.45) is 0 Å². The molecule has 1 atom stereocenters. The van der Waals surface area contributed by atoms with E-state index in [1.165, 1.54) is 22.4 Å². The minimum absolute atomic E-state index is 0.0509. The zero-order valence-electron chi connectivity index (χ0n) is 22.7. The smallest absolute Gasteiger partial charge is 0.179 e. The van der Waals surface area contributed by atoms with E-state index < -0.39 is 0 Å². The molecule has 0 spiro atoms. The molecule has 184 valence electrons. The van der Waals surface area contributed by atoms with Crippen molar-refractivity contribution in [1.82, 2.24) is 9.97 Å². The second-order valence-electron chi connectivity index (χ2n) is 13.0. The molecule has 0 saturated heterocycles. The van der Waals surface area contributed by atoms with E-state index >= 15 is 0 Å². The minimum Gasteiger partial charge on any atom is -0.301 e. The number of fused-ring (bicyclic) bond motifs is 6. The molecule has 3 heterocycles. The van der Waals surface area contributed by atoms with Crippen molar-refractivity contribution in [3.8, 4) is 0 Å². The third-order valence-corrected chi connectivity index (χ3v) is 7.95. The molecule has 0 saturated carbocycles. The van der Waals surface area contributed by atoms with Gasteiger partial charge in [0.15, 0.2) is 11.6 Å². The van der Waals surface area contributed by atoms with Gasteiger partial charge < -0.3 is 9.80 Å². The molecule has 0 bridgehead atoms. The van der Waals surface area contributed by atoms with Crippen LogP contribution in [-0.4, -0.2) is 16.1 Å². The van der Waals surface area contributed by atoms with Gasteiger partial charge in [-0.1, -0.05) is 91.8 Å². The lowest BCUT2D eigenvalue weighted by Crippen LogP contribution is -2.46. The van der Waals surface area contributed by atoms with Crippen molar-refractivity contribution in [3.05, 3.63) is 83.4 Å². The van der Waals surface area contributed by atoms with Gasteiger partial charge in [0.1, 0.15) is 6.17 Å². The molecule has 4 heteroatoms. The normalized spacial score (nSPS) is 18.4. The van der Waals surface area contributed by atoms with Crippen LogP contribution in [0.25, 0.3) is 11.0 Å². The maximum absolute atomic E-state index is 5.19. The second kappa shape index (κ2) is 7.32. The Morgan fingerprint density at radius 2 is 1.19 bits per heavy atom. The van der Waals surface area contributed by atoms with Crippen molar-refractivity contribution in [1.29, 1.82) is 0 Å². The van der Waals surface area contributed by atoms with Crippen molar-refractivity contribution < 1.29 is 0 Å². The quantitative estimate of drug-likeness (QED) is 0.278. The van der Waals surface area contributed by atoms with E-state index in [9.17, 15) is 0 Å². The maximum Gasteiger partial charge on any atom is 0.179 e. The first-order valence-electron chi connectivity index (χ1n) is 13.0. The Bertz CT molecular complexity index is 1450. The monoisotopic (exact) mass is 476 g/mol. The topological polar surface area (TPSA) is 32.3 Å². The number of rotatable bonds is 1. The van der Waals surface area contributed by atoms with Gasteiger partial charge in [-0.3, -0.25) is 0 Å². The molecule has 1 unspecified atom stereocenters. The van der Waals surface area contributed by atoms with Crippen LogP contribution in [0.4, 0.5) is 23.0 Å². The van der Waals surface area contributed by atoms with Crippen LogP contribution in [0.5, 0.6) is 0 Å². The molecule has 4 nitrogen and oxygen atoms in total. The number of benzene rings is 3. The number of hydrogen-bond acceptors (Lipinski definition) is 4. The summed E-state index contributed by atoms with van der Waals surface area (Å²) < 4.78 is 0. The molecule has 36 heavy (non-hydrogen) atoms. The third-order valence-electron chi connectivity index (χ3n) is 7.95. The molecular formula is C32H36N4. The van der Waals surface area contributed by atoms with Crippen LogP contribution in [0.15, 0.2) is 66.7 Å². The Morgan fingerprint density at radius 1 is 0.667 bits per heavy atom. The predicted molar refractivity (Wildman–Crippen MR) is 151 cm³/mol. The summed E-state index contributed by atoms with van der Waals surface area (Å²) in [6, 6.07) is 24.2. The summed E-state index contributed by atoms with van der Waals surface area (Å²) >= 11 is 0. The molecule has 2 aliphatic rings. The molecular weight excluding hydrogens is 440 g/mol. The first kappa shape index (κ1) is 23.0. The van der Waals surface area contributed by atoms with Gasteiger partial charge in [-0.15, -0.1) is 0 Å². The van der Waals surface area contributed by atoms with E-state index in [0.29, 0.717) is 0 Å². The van der Waals surface area contributed by atoms with Gasteiger partial charge in [0.05, 0.1) is 11.0 Å². The van der Waals surface area contributed by atoms with Gasteiger partial charge in [-0.2, -0.15) is 0 Å². The van der Waals surface area contributed by atoms with Gasteiger partial charge in [0.25, 0.3) is 0 Å². The highest BCUT2D eigenvalue weighted by atomic mass is 15.5. The fourth-order valence-corrected chi connectivity index (χ4v) is 5.80. The maximum atomic E-state index is 5.19. The lowest BCUT2D eigenvalue weighted by molar-refractivity contribution is 0.448. The van der Waals surface area contributed by atoms with E-state index in [2.05, 4.69) is 120 Å². The average molecular weight is 477 g/mol. The largest absolute Gasteiger partial charge is 0.301 e. The van der Waals surface area contributed by atoms with E-state index in [1.54, 1.807) is 0 Å². The highest BCUT2D eigenvalue weighted by molar-refractivity contribution is 5.92. The summed E-state index contributed by atoms with van der Waals surface area (Å²) in [5.74, 6) is 1.87. The summed E-state index contributed by atoms with van der Waals surface area (Å²) in [4.78, 5) is 15.2. The first-order valence-corrected chi connectivity index (χ1v) is 13.0. The Kier molecular flexibility index (Phi) is 4.68. The standard InChI is InChI=1S/C32H36N4/c1-30(2,3)20-13-16-22(17-14-20)35-27-28(34-25-12-10-9-11-24(25)33-27)36-26-18-15-21(31(4,5)6)19-23(26)32(7,8)29(35)36/h9-19,29H,1-8H3. The fourth-order valence-electron chi connectivity index (χ4n) is 5.80. The zero-order chi connectivity index (χ0) is 25.6. The fraction of sp³-hybridized carbons (Fsp3) is 0.375. The minimum atomic E-state index is -0.145. The number of nitrogens with zero attached hydrogens (tertiary/aromatic N) is 4. The van der Waals surface area contributed by atoms with Crippen molar-refractivity contribution >= 4 is 34.0 Å². The van der Waals surface area contributed by atoms with Crippen molar-refractivity contribution in [2.45, 2.75) is 77.8 Å². The van der Waals surface area contributed by atoms with Crippen LogP contribution in [0, 0.1) is 0 Å². The molecule has 0 N–H and O–H groups in total. The lowest BCUT2D eigenvalue weighted by atomic mass is 9.79. The molecule has 4 aromatic rings. The molecule has 0 fully saturated rings. The molecule has 6 rings (SSSR count). The number of aromatic nitrogens is 2. The zero-order valence-corrected chi connectivity index (χ0v) is 22.7. The van der Waals surface area contributed by atoms with E-state index in [-0.39, 0.29) is 22.4 Å². The highest BCUT2D eigenvalue weighted by Crippen LogP contribution is 2.58. The second-order valence-corrected chi connectivity index (χ2v) is 13.0. The van der Waals surface area contributed by atoms with Gasteiger partial charge >= 0.3 is 0 Å². The van der Waals surface area contributed by atoms with Gasteiger partial charge in [-0.25, -0.2) is 9.97 Å². The Balaban J connectivity index is 1.59. The summed E-state index contributed by atoms with van der Waals surface area (Å²) in [7, 11) is 0. The van der Waals surface area contributed by atoms with Crippen LogP contribution >= 0.6 is 0 Å². The first-order chi connectivity index (χ1) is 16.9. The summed E-state index contributed by atoms with van der Waals surface area (Å²) in [6.07, 6.45) is 0.0509. The van der Waals surface area contributed by atoms with Crippen molar-refractivity contribution in [3.63, 3.8) is 0 Å². The van der Waals surface area contributed by atoms with Crippen LogP contribution < -0.4 is 9.80 Å². The van der Waals surface area contributed by atoms with E-state index in [0.717, 1.165) is 28.4 Å². The molecule has 0 radical (unpaired) electrons. The predicted octanol–water partition coefficient (Wildman–Crippen LogP) is 8.13. The SMILES string of the molecule is CC(C)(C)c1ccc(N2c3nc4ccccc4nc3N3c4ccc(C(C)(C)C)cc4C(C)(C)C23)cc1. The van der Waals surface area contributed by atoms with Crippen LogP contribution in [0.2, 0.25) is 0 Å². The van der Waals surface area contributed by atoms with Crippen LogP contribution in [-0.2, 0) is 16.2 Å². The highest BCUT2D eigenvalue weighted by Gasteiger charge is 2.55. The number of hydrogen-bond donors (Lipinski definition) is 0. The number of para-hydroxylation sites is 2. The Labute approximate surface area is 215 Å². The summed E-state index contributed by atoms with van der Waals surface area (Å²) in [5, 5.41) is 0. The molecule has 2 aliphatic heterocycles. The van der Waals surface area contributed by atoms with Crippen LogP contribution in [0.1, 0.15) is 72.1 Å². The van der Waals surface area contributed by atoms with Gasteiger partial charge in [0.2, 0.25) is 0 Å². The third kappa shape index (κ3) is 3.27. The van der Waals surface area contributed by atoms with E-state index in [1.807, 2.05) is 12.1 Å². The molecule has 3 aromatic carbocycles. The lowest BCUT2D eigenvalue weighted by Gasteiger charge is -2.36. The van der Waals surface area contributed by atoms with Crippen molar-refractivity contribution in [2.75, 3.05) is 9.80 Å².